The lowest BCUT2D eigenvalue weighted by Gasteiger charge is -2.05. The van der Waals surface area contributed by atoms with Crippen LogP contribution in [0, 0.1) is 5.92 Å². The predicted octanol–water partition coefficient (Wildman–Crippen LogP) is 2.48. The zero-order chi connectivity index (χ0) is 9.10. The average molecular weight is 178 g/mol. The predicted molar refractivity (Wildman–Crippen MR) is 51.2 cm³/mol. The van der Waals surface area contributed by atoms with Gasteiger partial charge in [-0.2, -0.15) is 0 Å². The van der Waals surface area contributed by atoms with Crippen molar-refractivity contribution in [2.24, 2.45) is 5.92 Å². The molecule has 0 bridgehead atoms. The highest BCUT2D eigenvalue weighted by molar-refractivity contribution is 5.31. The van der Waals surface area contributed by atoms with Crippen LogP contribution >= 0.6 is 0 Å². The van der Waals surface area contributed by atoms with E-state index in [4.69, 9.17) is 9.47 Å². The summed E-state index contributed by atoms with van der Waals surface area (Å²) in [6.45, 7) is 0.867. The molecule has 0 aliphatic heterocycles. The smallest absolute Gasteiger partial charge is 0.119 e. The van der Waals surface area contributed by atoms with Crippen LogP contribution < -0.4 is 9.47 Å². The minimum Gasteiger partial charge on any atom is -0.497 e. The molecular formula is C11H14O2. The summed E-state index contributed by atoms with van der Waals surface area (Å²) < 4.78 is 10.6. The Bertz CT molecular complexity index is 262. The number of rotatable bonds is 4. The summed E-state index contributed by atoms with van der Waals surface area (Å²) in [6.07, 6.45) is 2.66. The van der Waals surface area contributed by atoms with Gasteiger partial charge in [-0.3, -0.25) is 0 Å². The van der Waals surface area contributed by atoms with Crippen molar-refractivity contribution in [1.82, 2.24) is 0 Å². The van der Waals surface area contributed by atoms with Crippen LogP contribution in [0.2, 0.25) is 0 Å². The van der Waals surface area contributed by atoms with E-state index in [9.17, 15) is 0 Å². The Hall–Kier alpha value is -1.18. The Balaban J connectivity index is 1.88. The van der Waals surface area contributed by atoms with Gasteiger partial charge in [0.1, 0.15) is 11.5 Å². The van der Waals surface area contributed by atoms with Gasteiger partial charge >= 0.3 is 0 Å². The summed E-state index contributed by atoms with van der Waals surface area (Å²) in [5.41, 5.74) is 0. The van der Waals surface area contributed by atoms with Gasteiger partial charge in [-0.15, -0.1) is 0 Å². The van der Waals surface area contributed by atoms with E-state index in [0.717, 1.165) is 24.0 Å². The third kappa shape index (κ3) is 2.38. The van der Waals surface area contributed by atoms with Gasteiger partial charge in [-0.25, -0.2) is 0 Å². The van der Waals surface area contributed by atoms with Crippen LogP contribution in [0.4, 0.5) is 0 Å². The van der Waals surface area contributed by atoms with Gasteiger partial charge in [-0.1, -0.05) is 0 Å². The maximum Gasteiger partial charge on any atom is 0.119 e. The fourth-order valence-electron chi connectivity index (χ4n) is 1.17. The Morgan fingerprint density at radius 3 is 2.31 bits per heavy atom. The van der Waals surface area contributed by atoms with E-state index in [-0.39, 0.29) is 0 Å². The van der Waals surface area contributed by atoms with Crippen LogP contribution in [0.1, 0.15) is 12.8 Å². The van der Waals surface area contributed by atoms with Crippen molar-refractivity contribution in [1.29, 1.82) is 0 Å². The number of hydrogen-bond donors (Lipinski definition) is 0. The first-order chi connectivity index (χ1) is 6.38. The standard InChI is InChI=1S/C11H14O2/c1-12-10-4-6-11(7-5-10)13-8-9-2-3-9/h4-7,9H,2-3,8H2,1H3. The molecule has 13 heavy (non-hydrogen) atoms. The maximum absolute atomic E-state index is 5.57. The lowest BCUT2D eigenvalue weighted by molar-refractivity contribution is 0.299. The van der Waals surface area contributed by atoms with Gasteiger partial charge in [0.25, 0.3) is 0 Å². The summed E-state index contributed by atoms with van der Waals surface area (Å²) >= 11 is 0. The van der Waals surface area contributed by atoms with Crippen LogP contribution in [0.25, 0.3) is 0 Å². The Kier molecular flexibility index (Phi) is 2.39. The number of ether oxygens (including phenoxy) is 2. The minimum absolute atomic E-state index is 0.808. The van der Waals surface area contributed by atoms with E-state index < -0.39 is 0 Å². The molecule has 0 heterocycles. The minimum atomic E-state index is 0.808. The normalized spacial score (nSPS) is 15.5. The zero-order valence-corrected chi connectivity index (χ0v) is 7.82. The highest BCUT2D eigenvalue weighted by atomic mass is 16.5. The molecule has 0 spiro atoms. The van der Waals surface area contributed by atoms with Crippen molar-refractivity contribution in [3.05, 3.63) is 24.3 Å². The molecule has 2 heteroatoms. The second kappa shape index (κ2) is 3.69. The highest BCUT2D eigenvalue weighted by Crippen LogP contribution is 2.29. The SMILES string of the molecule is COc1ccc(OCC2CC2)cc1. The zero-order valence-electron chi connectivity index (χ0n) is 7.82. The van der Waals surface area contributed by atoms with Crippen molar-refractivity contribution < 1.29 is 9.47 Å². The molecule has 1 aliphatic carbocycles. The molecule has 1 aromatic rings. The summed E-state index contributed by atoms with van der Waals surface area (Å²) in [6, 6.07) is 7.73. The average Bonchev–Trinajstić information content (AvgIpc) is 2.99. The molecule has 70 valence electrons. The van der Waals surface area contributed by atoms with Gasteiger partial charge in [0, 0.05) is 0 Å². The Labute approximate surface area is 78.5 Å². The molecule has 0 N–H and O–H groups in total. The van der Waals surface area contributed by atoms with E-state index in [1.165, 1.54) is 12.8 Å². The molecular weight excluding hydrogens is 164 g/mol. The van der Waals surface area contributed by atoms with Crippen molar-refractivity contribution in [3.63, 3.8) is 0 Å². The quantitative estimate of drug-likeness (QED) is 0.705. The topological polar surface area (TPSA) is 18.5 Å². The van der Waals surface area contributed by atoms with E-state index in [2.05, 4.69) is 0 Å². The first-order valence-electron chi connectivity index (χ1n) is 4.65. The largest absolute Gasteiger partial charge is 0.497 e. The van der Waals surface area contributed by atoms with Gasteiger partial charge < -0.3 is 9.47 Å². The third-order valence-electron chi connectivity index (χ3n) is 2.24. The summed E-state index contributed by atoms with van der Waals surface area (Å²) in [7, 11) is 1.67. The molecule has 1 aromatic carbocycles. The second-order valence-electron chi connectivity index (χ2n) is 3.43. The number of benzene rings is 1. The van der Waals surface area contributed by atoms with Crippen LogP contribution in [-0.2, 0) is 0 Å². The van der Waals surface area contributed by atoms with Gasteiger partial charge in [0.15, 0.2) is 0 Å². The summed E-state index contributed by atoms with van der Waals surface area (Å²) in [5.74, 6) is 2.62. The maximum atomic E-state index is 5.57. The van der Waals surface area contributed by atoms with Crippen molar-refractivity contribution in [3.8, 4) is 11.5 Å². The van der Waals surface area contributed by atoms with Crippen LogP contribution in [0.15, 0.2) is 24.3 Å². The highest BCUT2D eigenvalue weighted by Gasteiger charge is 2.21. The summed E-state index contributed by atoms with van der Waals surface area (Å²) in [5, 5.41) is 0. The molecule has 0 atom stereocenters. The Morgan fingerprint density at radius 2 is 1.77 bits per heavy atom. The molecule has 0 saturated heterocycles. The van der Waals surface area contributed by atoms with Crippen LogP contribution in [0.5, 0.6) is 11.5 Å². The van der Waals surface area contributed by atoms with Crippen LogP contribution in [0.3, 0.4) is 0 Å². The monoisotopic (exact) mass is 178 g/mol. The number of methoxy groups -OCH3 is 1. The van der Waals surface area contributed by atoms with Crippen molar-refractivity contribution in [2.75, 3.05) is 13.7 Å². The molecule has 2 rings (SSSR count). The number of hydrogen-bond acceptors (Lipinski definition) is 2. The molecule has 2 nitrogen and oxygen atoms in total. The lowest BCUT2D eigenvalue weighted by Crippen LogP contribution is -1.98. The molecule has 1 aliphatic rings. The second-order valence-corrected chi connectivity index (χ2v) is 3.43. The van der Waals surface area contributed by atoms with Crippen molar-refractivity contribution in [2.45, 2.75) is 12.8 Å². The van der Waals surface area contributed by atoms with E-state index in [1.54, 1.807) is 7.11 Å². The van der Waals surface area contributed by atoms with E-state index in [0.29, 0.717) is 0 Å². The van der Waals surface area contributed by atoms with E-state index in [1.807, 2.05) is 24.3 Å². The first kappa shape index (κ1) is 8.42. The summed E-state index contributed by atoms with van der Waals surface area (Å²) in [4.78, 5) is 0. The molecule has 1 fully saturated rings. The van der Waals surface area contributed by atoms with Gasteiger partial charge in [0.05, 0.1) is 13.7 Å². The fourth-order valence-corrected chi connectivity index (χ4v) is 1.17. The lowest BCUT2D eigenvalue weighted by atomic mass is 10.3. The van der Waals surface area contributed by atoms with Gasteiger partial charge in [0.2, 0.25) is 0 Å². The molecule has 0 unspecified atom stereocenters. The molecule has 1 saturated carbocycles. The molecule has 0 aromatic heterocycles. The third-order valence-corrected chi connectivity index (χ3v) is 2.24. The fraction of sp³-hybridized carbons (Fsp3) is 0.455. The molecule has 0 radical (unpaired) electrons. The van der Waals surface area contributed by atoms with Gasteiger partial charge in [-0.05, 0) is 43.0 Å². The molecule has 0 amide bonds. The van der Waals surface area contributed by atoms with Crippen LogP contribution in [-0.4, -0.2) is 13.7 Å². The van der Waals surface area contributed by atoms with Crippen molar-refractivity contribution >= 4 is 0 Å². The van der Waals surface area contributed by atoms with E-state index >= 15 is 0 Å². The Morgan fingerprint density at radius 1 is 1.15 bits per heavy atom. The first-order valence-corrected chi connectivity index (χ1v) is 4.65.